The SMILES string of the molecule is C=CCOC(=O)N1CCN(C(=O)COc2ccccc2CC)CC1. The van der Waals surface area contributed by atoms with Crippen molar-refractivity contribution in [2.45, 2.75) is 13.3 Å². The maximum Gasteiger partial charge on any atom is 0.410 e. The Balaban J connectivity index is 1.78. The zero-order valence-electron chi connectivity index (χ0n) is 14.1. The van der Waals surface area contributed by atoms with Crippen molar-refractivity contribution in [2.75, 3.05) is 39.4 Å². The highest BCUT2D eigenvalue weighted by Crippen LogP contribution is 2.18. The van der Waals surface area contributed by atoms with Crippen molar-refractivity contribution < 1.29 is 19.1 Å². The molecule has 0 atom stereocenters. The van der Waals surface area contributed by atoms with Gasteiger partial charge in [-0.3, -0.25) is 4.79 Å². The normalized spacial score (nSPS) is 14.2. The van der Waals surface area contributed by atoms with Crippen LogP contribution in [0, 0.1) is 0 Å². The Morgan fingerprint density at radius 1 is 1.17 bits per heavy atom. The second kappa shape index (κ2) is 8.96. The molecule has 0 radical (unpaired) electrons. The van der Waals surface area contributed by atoms with Crippen LogP contribution < -0.4 is 4.74 Å². The van der Waals surface area contributed by atoms with Gasteiger partial charge >= 0.3 is 6.09 Å². The van der Waals surface area contributed by atoms with Gasteiger partial charge in [0.05, 0.1) is 0 Å². The third kappa shape index (κ3) is 4.75. The minimum absolute atomic E-state index is 0.0118. The molecule has 0 aromatic heterocycles. The van der Waals surface area contributed by atoms with Gasteiger partial charge in [-0.15, -0.1) is 0 Å². The number of carbonyl (C=O) groups is 2. The number of piperazine rings is 1. The molecule has 0 unspecified atom stereocenters. The van der Waals surface area contributed by atoms with Crippen LogP contribution in [-0.2, 0) is 16.0 Å². The van der Waals surface area contributed by atoms with E-state index in [1.807, 2.05) is 24.3 Å². The van der Waals surface area contributed by atoms with Crippen LogP contribution in [0.5, 0.6) is 5.75 Å². The zero-order valence-corrected chi connectivity index (χ0v) is 14.1. The fraction of sp³-hybridized carbons (Fsp3) is 0.444. The van der Waals surface area contributed by atoms with Crippen molar-refractivity contribution in [3.8, 4) is 5.75 Å². The Hall–Kier alpha value is -2.50. The molecule has 1 aliphatic heterocycles. The number of para-hydroxylation sites is 1. The van der Waals surface area contributed by atoms with Crippen LogP contribution in [0.2, 0.25) is 0 Å². The van der Waals surface area contributed by atoms with E-state index in [1.165, 1.54) is 6.08 Å². The van der Waals surface area contributed by atoms with Gasteiger partial charge in [-0.2, -0.15) is 0 Å². The van der Waals surface area contributed by atoms with Crippen LogP contribution in [0.25, 0.3) is 0 Å². The van der Waals surface area contributed by atoms with Crippen molar-refractivity contribution in [3.63, 3.8) is 0 Å². The van der Waals surface area contributed by atoms with Crippen LogP contribution in [0.1, 0.15) is 12.5 Å². The monoisotopic (exact) mass is 332 g/mol. The summed E-state index contributed by atoms with van der Waals surface area (Å²) in [7, 11) is 0. The molecule has 24 heavy (non-hydrogen) atoms. The van der Waals surface area contributed by atoms with Gasteiger partial charge in [0.1, 0.15) is 12.4 Å². The number of benzene rings is 1. The fourth-order valence-corrected chi connectivity index (χ4v) is 2.53. The molecule has 1 aromatic rings. The molecule has 0 spiro atoms. The zero-order chi connectivity index (χ0) is 17.4. The summed E-state index contributed by atoms with van der Waals surface area (Å²) in [6.45, 7) is 7.67. The number of hydrogen-bond donors (Lipinski definition) is 0. The van der Waals surface area contributed by atoms with Crippen molar-refractivity contribution in [2.24, 2.45) is 0 Å². The molecule has 1 saturated heterocycles. The number of amides is 2. The van der Waals surface area contributed by atoms with E-state index in [0.717, 1.165) is 17.7 Å². The molecular weight excluding hydrogens is 308 g/mol. The standard InChI is InChI=1S/C18H24N2O4/c1-3-13-23-18(22)20-11-9-19(10-12-20)17(21)14-24-16-8-6-5-7-15(16)4-2/h3,5-8H,1,4,9-14H2,2H3. The highest BCUT2D eigenvalue weighted by Gasteiger charge is 2.25. The quantitative estimate of drug-likeness (QED) is 0.749. The summed E-state index contributed by atoms with van der Waals surface area (Å²) in [5.74, 6) is 0.681. The van der Waals surface area contributed by atoms with Crippen LogP contribution >= 0.6 is 0 Å². The number of nitrogens with zero attached hydrogens (tertiary/aromatic N) is 2. The molecule has 130 valence electrons. The molecule has 0 saturated carbocycles. The molecule has 1 aromatic carbocycles. The minimum atomic E-state index is -0.366. The molecule has 1 fully saturated rings. The third-order valence-electron chi connectivity index (χ3n) is 3.92. The van der Waals surface area contributed by atoms with Gasteiger partial charge in [0, 0.05) is 26.2 Å². The predicted octanol–water partition coefficient (Wildman–Crippen LogP) is 2.09. The molecule has 6 nitrogen and oxygen atoms in total. The number of aryl methyl sites for hydroxylation is 1. The number of rotatable bonds is 6. The van der Waals surface area contributed by atoms with Crippen molar-refractivity contribution in [3.05, 3.63) is 42.5 Å². The predicted molar refractivity (Wildman–Crippen MR) is 91.0 cm³/mol. The first-order valence-corrected chi connectivity index (χ1v) is 8.16. The van der Waals surface area contributed by atoms with E-state index in [1.54, 1.807) is 9.80 Å². The van der Waals surface area contributed by atoms with Gasteiger partial charge in [-0.1, -0.05) is 37.8 Å². The Bertz CT molecular complexity index is 580. The first-order valence-electron chi connectivity index (χ1n) is 8.16. The van der Waals surface area contributed by atoms with Crippen molar-refractivity contribution in [1.29, 1.82) is 0 Å². The van der Waals surface area contributed by atoms with Gasteiger partial charge < -0.3 is 19.3 Å². The summed E-state index contributed by atoms with van der Waals surface area (Å²) in [4.78, 5) is 27.3. The largest absolute Gasteiger partial charge is 0.483 e. The van der Waals surface area contributed by atoms with Gasteiger partial charge in [0.2, 0.25) is 0 Å². The summed E-state index contributed by atoms with van der Waals surface area (Å²) in [5, 5.41) is 0. The van der Waals surface area contributed by atoms with Crippen LogP contribution in [0.4, 0.5) is 4.79 Å². The lowest BCUT2D eigenvalue weighted by Crippen LogP contribution is -2.51. The third-order valence-corrected chi connectivity index (χ3v) is 3.92. The van der Waals surface area contributed by atoms with Gasteiger partial charge in [0.25, 0.3) is 5.91 Å². The lowest BCUT2D eigenvalue weighted by atomic mass is 10.1. The average Bonchev–Trinajstić information content (AvgIpc) is 2.64. The first-order chi connectivity index (χ1) is 11.7. The summed E-state index contributed by atoms with van der Waals surface area (Å²) < 4.78 is 10.7. The van der Waals surface area contributed by atoms with E-state index in [4.69, 9.17) is 9.47 Å². The van der Waals surface area contributed by atoms with Gasteiger partial charge in [0.15, 0.2) is 6.61 Å². The summed E-state index contributed by atoms with van der Waals surface area (Å²) in [6.07, 6.45) is 2.02. The van der Waals surface area contributed by atoms with Gasteiger partial charge in [-0.05, 0) is 18.1 Å². The highest BCUT2D eigenvalue weighted by molar-refractivity contribution is 5.78. The van der Waals surface area contributed by atoms with Crippen LogP contribution in [0.3, 0.4) is 0 Å². The Morgan fingerprint density at radius 3 is 2.50 bits per heavy atom. The van der Waals surface area contributed by atoms with Gasteiger partial charge in [-0.25, -0.2) is 4.79 Å². The van der Waals surface area contributed by atoms with E-state index in [2.05, 4.69) is 13.5 Å². The molecular formula is C18H24N2O4. The maximum atomic E-state index is 12.3. The van der Waals surface area contributed by atoms with Crippen LogP contribution in [0.15, 0.2) is 36.9 Å². The van der Waals surface area contributed by atoms with E-state index in [-0.39, 0.29) is 25.2 Å². The number of ether oxygens (including phenoxy) is 2. The lowest BCUT2D eigenvalue weighted by Gasteiger charge is -2.34. The Morgan fingerprint density at radius 2 is 1.83 bits per heavy atom. The summed E-state index contributed by atoms with van der Waals surface area (Å²) in [5.41, 5.74) is 1.08. The molecule has 0 N–H and O–H groups in total. The van der Waals surface area contributed by atoms with Crippen molar-refractivity contribution in [1.82, 2.24) is 9.80 Å². The fourth-order valence-electron chi connectivity index (χ4n) is 2.53. The second-order valence-electron chi connectivity index (χ2n) is 5.48. The highest BCUT2D eigenvalue weighted by atomic mass is 16.6. The molecule has 1 aliphatic rings. The van der Waals surface area contributed by atoms with E-state index in [9.17, 15) is 9.59 Å². The first kappa shape index (κ1) is 17.8. The molecule has 2 rings (SSSR count). The molecule has 1 heterocycles. The average molecular weight is 332 g/mol. The maximum absolute atomic E-state index is 12.3. The number of hydrogen-bond acceptors (Lipinski definition) is 4. The minimum Gasteiger partial charge on any atom is -0.483 e. The smallest absolute Gasteiger partial charge is 0.410 e. The molecule has 0 bridgehead atoms. The molecule has 2 amide bonds. The second-order valence-corrected chi connectivity index (χ2v) is 5.48. The summed E-state index contributed by atoms with van der Waals surface area (Å²) >= 11 is 0. The Labute approximate surface area is 142 Å². The van der Waals surface area contributed by atoms with E-state index >= 15 is 0 Å². The number of carbonyl (C=O) groups excluding carboxylic acids is 2. The summed E-state index contributed by atoms with van der Waals surface area (Å²) in [6, 6.07) is 7.72. The lowest BCUT2D eigenvalue weighted by molar-refractivity contribution is -0.134. The molecule has 0 aliphatic carbocycles. The van der Waals surface area contributed by atoms with E-state index < -0.39 is 0 Å². The Kier molecular flexibility index (Phi) is 6.66. The van der Waals surface area contributed by atoms with Crippen molar-refractivity contribution >= 4 is 12.0 Å². The molecule has 6 heteroatoms. The van der Waals surface area contributed by atoms with Crippen LogP contribution in [-0.4, -0.2) is 61.2 Å². The van der Waals surface area contributed by atoms with E-state index in [0.29, 0.717) is 26.2 Å². The topological polar surface area (TPSA) is 59.1 Å².